The van der Waals surface area contributed by atoms with Crippen LogP contribution in [0.15, 0.2) is 41.3 Å². The van der Waals surface area contributed by atoms with Crippen LogP contribution in [0.2, 0.25) is 0 Å². The molecule has 1 saturated heterocycles. The number of sulfonamides is 1. The molecule has 32 heavy (non-hydrogen) atoms. The summed E-state index contributed by atoms with van der Waals surface area (Å²) in [7, 11) is -3.55. The second-order valence-electron chi connectivity index (χ2n) is 7.91. The van der Waals surface area contributed by atoms with Crippen molar-refractivity contribution in [3.8, 4) is 11.5 Å². The molecule has 2 aromatic carbocycles. The molecule has 1 atom stereocenters. The predicted molar refractivity (Wildman–Crippen MR) is 120 cm³/mol. The van der Waals surface area contributed by atoms with Crippen molar-refractivity contribution in [1.82, 2.24) is 14.7 Å². The lowest BCUT2D eigenvalue weighted by Crippen LogP contribution is -2.39. The van der Waals surface area contributed by atoms with Gasteiger partial charge in [0.2, 0.25) is 21.9 Å². The number of benzene rings is 2. The van der Waals surface area contributed by atoms with E-state index in [0.717, 1.165) is 23.1 Å². The minimum Gasteiger partial charge on any atom is -0.454 e. The maximum absolute atomic E-state index is 12.9. The van der Waals surface area contributed by atoms with Crippen LogP contribution in [0.1, 0.15) is 30.1 Å². The number of fused-ring (bicyclic) bond motifs is 2. The number of ether oxygens (including phenoxy) is 2. The number of carbonyl (C=O) groups is 1. The highest BCUT2D eigenvalue weighted by atomic mass is 32.2. The van der Waals surface area contributed by atoms with Crippen LogP contribution in [0.25, 0.3) is 10.2 Å². The van der Waals surface area contributed by atoms with Gasteiger partial charge in [-0.2, -0.15) is 4.31 Å². The molecule has 5 rings (SSSR count). The Morgan fingerprint density at radius 1 is 1.19 bits per heavy atom. The summed E-state index contributed by atoms with van der Waals surface area (Å²) in [5.41, 5.74) is 6.48. The molecular formula is C21H22N4O5S2. The smallest absolute Gasteiger partial charge is 0.269 e. The molecule has 2 aliphatic heterocycles. The van der Waals surface area contributed by atoms with Gasteiger partial charge >= 0.3 is 0 Å². The largest absolute Gasteiger partial charge is 0.454 e. The lowest BCUT2D eigenvalue weighted by atomic mass is 10.0. The standard InChI is InChI=1S/C21H22N4O5S2/c1-13-3-2-8-25(11-13)32(27,28)15-6-4-14(5-7-15)20(26)23-24-21-22-16-9-17-18(30-12-29-17)10-19(16)31-21/h4-7,9-10,13H,2-3,8,11-12H2,1H3,(H,22,24)(H,23,26)/t13-/m1/s1. The van der Waals surface area contributed by atoms with Gasteiger partial charge in [0.05, 0.1) is 15.1 Å². The van der Waals surface area contributed by atoms with E-state index in [1.54, 1.807) is 6.07 Å². The number of hydrogen-bond donors (Lipinski definition) is 2. The summed E-state index contributed by atoms with van der Waals surface area (Å²) in [6.07, 6.45) is 1.90. The van der Waals surface area contributed by atoms with E-state index in [4.69, 9.17) is 9.47 Å². The molecule has 11 heteroatoms. The van der Waals surface area contributed by atoms with E-state index in [0.29, 0.717) is 41.2 Å². The van der Waals surface area contributed by atoms with Crippen LogP contribution >= 0.6 is 11.3 Å². The van der Waals surface area contributed by atoms with Gasteiger partial charge in [-0.15, -0.1) is 0 Å². The van der Waals surface area contributed by atoms with Gasteiger partial charge < -0.3 is 9.47 Å². The molecule has 9 nitrogen and oxygen atoms in total. The summed E-state index contributed by atoms with van der Waals surface area (Å²) < 4.78 is 38.9. The number of nitrogens with zero attached hydrogens (tertiary/aromatic N) is 2. The number of aromatic nitrogens is 1. The van der Waals surface area contributed by atoms with Crippen LogP contribution in [-0.4, -0.2) is 43.5 Å². The lowest BCUT2D eigenvalue weighted by Gasteiger charge is -2.30. The minimum absolute atomic E-state index is 0.194. The van der Waals surface area contributed by atoms with E-state index < -0.39 is 15.9 Å². The van der Waals surface area contributed by atoms with Crippen molar-refractivity contribution >= 4 is 42.6 Å². The maximum atomic E-state index is 12.9. The molecule has 0 radical (unpaired) electrons. The molecular weight excluding hydrogens is 452 g/mol. The summed E-state index contributed by atoms with van der Waals surface area (Å²) >= 11 is 1.36. The molecule has 0 unspecified atom stereocenters. The van der Waals surface area contributed by atoms with E-state index in [1.807, 2.05) is 6.07 Å². The fraction of sp³-hybridized carbons (Fsp3) is 0.333. The molecule has 1 fully saturated rings. The van der Waals surface area contributed by atoms with Crippen molar-refractivity contribution in [2.75, 3.05) is 25.3 Å². The molecule has 3 aromatic rings. The fourth-order valence-electron chi connectivity index (χ4n) is 3.85. The Labute approximate surface area is 189 Å². The Balaban J connectivity index is 1.25. The molecule has 1 amide bonds. The molecule has 3 heterocycles. The van der Waals surface area contributed by atoms with Gasteiger partial charge in [0.25, 0.3) is 5.91 Å². The molecule has 0 saturated carbocycles. The Morgan fingerprint density at radius 3 is 2.69 bits per heavy atom. The van der Waals surface area contributed by atoms with Crippen molar-refractivity contribution in [1.29, 1.82) is 0 Å². The number of thiazole rings is 1. The highest BCUT2D eigenvalue weighted by Crippen LogP contribution is 2.38. The molecule has 0 bridgehead atoms. The number of anilines is 1. The van der Waals surface area contributed by atoms with Crippen molar-refractivity contribution in [2.45, 2.75) is 24.7 Å². The van der Waals surface area contributed by atoms with Gasteiger partial charge in [-0.1, -0.05) is 18.3 Å². The summed E-state index contributed by atoms with van der Waals surface area (Å²) in [5, 5.41) is 0.510. The molecule has 2 N–H and O–H groups in total. The lowest BCUT2D eigenvalue weighted by molar-refractivity contribution is 0.0962. The molecule has 1 aromatic heterocycles. The highest BCUT2D eigenvalue weighted by molar-refractivity contribution is 7.89. The van der Waals surface area contributed by atoms with E-state index in [1.165, 1.54) is 39.9 Å². The SMILES string of the molecule is C[C@@H]1CCCN(S(=O)(=O)c2ccc(C(=O)NNc3nc4cc5c(cc4s3)OCO5)cc2)C1. The highest BCUT2D eigenvalue weighted by Gasteiger charge is 2.28. The van der Waals surface area contributed by atoms with Crippen molar-refractivity contribution in [3.63, 3.8) is 0 Å². The first-order chi connectivity index (χ1) is 15.4. The Hall–Kier alpha value is -2.89. The number of hydrogen-bond acceptors (Lipinski definition) is 8. The third-order valence-electron chi connectivity index (χ3n) is 5.54. The molecule has 0 aliphatic carbocycles. The van der Waals surface area contributed by atoms with Gasteiger partial charge in [0.15, 0.2) is 11.5 Å². The van der Waals surface area contributed by atoms with Crippen LogP contribution in [-0.2, 0) is 10.0 Å². The van der Waals surface area contributed by atoms with Gasteiger partial charge in [-0.25, -0.2) is 13.4 Å². The van der Waals surface area contributed by atoms with E-state index in [2.05, 4.69) is 22.8 Å². The van der Waals surface area contributed by atoms with Gasteiger partial charge in [0, 0.05) is 30.8 Å². The Kier molecular flexibility index (Phi) is 5.39. The number of nitrogens with one attached hydrogen (secondary N) is 2. The first-order valence-corrected chi connectivity index (χ1v) is 12.5. The summed E-state index contributed by atoms with van der Waals surface area (Å²) in [6, 6.07) is 9.61. The first kappa shape index (κ1) is 21.0. The average Bonchev–Trinajstić information content (AvgIpc) is 3.41. The van der Waals surface area contributed by atoms with Crippen LogP contribution < -0.4 is 20.3 Å². The van der Waals surface area contributed by atoms with Crippen LogP contribution in [0.5, 0.6) is 11.5 Å². The predicted octanol–water partition coefficient (Wildman–Crippen LogP) is 3.20. The Bertz CT molecular complexity index is 1230. The van der Waals surface area contributed by atoms with Crippen LogP contribution in [0, 0.1) is 5.92 Å². The monoisotopic (exact) mass is 474 g/mol. The molecule has 0 spiro atoms. The normalized spacial score (nSPS) is 18.6. The summed E-state index contributed by atoms with van der Waals surface area (Å²) in [4.78, 5) is 17.1. The third-order valence-corrected chi connectivity index (χ3v) is 8.35. The zero-order valence-electron chi connectivity index (χ0n) is 17.3. The van der Waals surface area contributed by atoms with Gasteiger partial charge in [0.1, 0.15) is 0 Å². The first-order valence-electron chi connectivity index (χ1n) is 10.3. The second-order valence-corrected chi connectivity index (χ2v) is 10.9. The minimum atomic E-state index is -3.55. The summed E-state index contributed by atoms with van der Waals surface area (Å²) in [6.45, 7) is 3.31. The van der Waals surface area contributed by atoms with Crippen molar-refractivity contribution in [3.05, 3.63) is 42.0 Å². The number of piperidine rings is 1. The Morgan fingerprint density at radius 2 is 1.94 bits per heavy atom. The van der Waals surface area contributed by atoms with Crippen molar-refractivity contribution < 1.29 is 22.7 Å². The van der Waals surface area contributed by atoms with Crippen LogP contribution in [0.4, 0.5) is 5.13 Å². The summed E-state index contributed by atoms with van der Waals surface area (Å²) in [5.74, 6) is 1.27. The van der Waals surface area contributed by atoms with Gasteiger partial charge in [-0.3, -0.25) is 15.6 Å². The second kappa shape index (κ2) is 8.23. The van der Waals surface area contributed by atoms with Crippen molar-refractivity contribution in [2.24, 2.45) is 5.92 Å². The fourth-order valence-corrected chi connectivity index (χ4v) is 6.27. The zero-order valence-corrected chi connectivity index (χ0v) is 19.0. The molecule has 168 valence electrons. The van der Waals surface area contributed by atoms with E-state index in [-0.39, 0.29) is 11.7 Å². The van der Waals surface area contributed by atoms with Crippen LogP contribution in [0.3, 0.4) is 0 Å². The van der Waals surface area contributed by atoms with E-state index >= 15 is 0 Å². The number of rotatable bonds is 5. The molecule has 2 aliphatic rings. The topological polar surface area (TPSA) is 110 Å². The number of carbonyl (C=O) groups excluding carboxylic acids is 1. The number of amides is 1. The van der Waals surface area contributed by atoms with Gasteiger partial charge in [-0.05, 0) is 43.0 Å². The van der Waals surface area contributed by atoms with E-state index in [9.17, 15) is 13.2 Å². The average molecular weight is 475 g/mol. The number of hydrazine groups is 1. The third kappa shape index (κ3) is 3.98. The zero-order chi connectivity index (χ0) is 22.3. The maximum Gasteiger partial charge on any atom is 0.269 e. The quantitative estimate of drug-likeness (QED) is 0.547.